The molecule has 0 aliphatic heterocycles. The first-order chi connectivity index (χ1) is 16.5. The summed E-state index contributed by atoms with van der Waals surface area (Å²) in [5.74, 6) is -1.97. The molecule has 0 aromatic heterocycles. The van der Waals surface area contributed by atoms with Crippen molar-refractivity contribution in [3.63, 3.8) is 0 Å². The van der Waals surface area contributed by atoms with Crippen LogP contribution in [0, 0.1) is 11.3 Å². The number of amides is 2. The highest BCUT2D eigenvalue weighted by Crippen LogP contribution is 2.44. The van der Waals surface area contributed by atoms with Crippen molar-refractivity contribution in [3.8, 4) is 11.1 Å². The van der Waals surface area contributed by atoms with E-state index in [9.17, 15) is 19.5 Å². The lowest BCUT2D eigenvalue weighted by atomic mass is 9.88. The van der Waals surface area contributed by atoms with Crippen LogP contribution in [0.4, 0.5) is 4.79 Å². The van der Waals surface area contributed by atoms with Gasteiger partial charge < -0.3 is 20.5 Å². The maximum atomic E-state index is 12.9. The van der Waals surface area contributed by atoms with Gasteiger partial charge >= 0.3 is 12.1 Å². The summed E-state index contributed by atoms with van der Waals surface area (Å²) in [6, 6.07) is 14.2. The third-order valence-corrected chi connectivity index (χ3v) is 6.36. The van der Waals surface area contributed by atoms with Crippen LogP contribution in [-0.4, -0.2) is 41.8 Å². The van der Waals surface area contributed by atoms with E-state index in [0.29, 0.717) is 12.8 Å². The van der Waals surface area contributed by atoms with Crippen molar-refractivity contribution < 1.29 is 24.2 Å². The molecule has 2 aromatic carbocycles. The van der Waals surface area contributed by atoms with Gasteiger partial charge in [0.1, 0.15) is 18.7 Å². The van der Waals surface area contributed by atoms with Crippen LogP contribution in [0.5, 0.6) is 0 Å². The summed E-state index contributed by atoms with van der Waals surface area (Å²) in [6.45, 7) is 9.77. The van der Waals surface area contributed by atoms with Gasteiger partial charge in [0.25, 0.3) is 0 Å². The van der Waals surface area contributed by atoms with E-state index in [0.717, 1.165) is 22.3 Å². The Kier molecular flexibility index (Phi) is 8.20. The van der Waals surface area contributed by atoms with Crippen LogP contribution in [0.25, 0.3) is 11.1 Å². The first-order valence-electron chi connectivity index (χ1n) is 12.1. The summed E-state index contributed by atoms with van der Waals surface area (Å²) in [5.41, 5.74) is 4.40. The highest BCUT2D eigenvalue weighted by Gasteiger charge is 2.32. The molecule has 1 aliphatic carbocycles. The third kappa shape index (κ3) is 6.62. The van der Waals surface area contributed by atoms with Gasteiger partial charge in [0.2, 0.25) is 5.91 Å². The summed E-state index contributed by atoms with van der Waals surface area (Å²) in [5, 5.41) is 14.8. The molecule has 3 rings (SSSR count). The van der Waals surface area contributed by atoms with Crippen LogP contribution < -0.4 is 10.6 Å². The third-order valence-electron chi connectivity index (χ3n) is 6.36. The van der Waals surface area contributed by atoms with Crippen LogP contribution in [0.2, 0.25) is 0 Å². The summed E-state index contributed by atoms with van der Waals surface area (Å²) in [6.07, 6.45) is 0.235. The number of rotatable bonds is 9. The van der Waals surface area contributed by atoms with Gasteiger partial charge in [-0.3, -0.25) is 4.79 Å². The van der Waals surface area contributed by atoms with Gasteiger partial charge in [-0.1, -0.05) is 83.1 Å². The molecule has 0 saturated carbocycles. The number of nitrogens with one attached hydrogen (secondary N) is 2. The number of carbonyl (C=O) groups excluding carboxylic acids is 2. The smallest absolute Gasteiger partial charge is 0.407 e. The van der Waals surface area contributed by atoms with Crippen molar-refractivity contribution in [3.05, 3.63) is 59.7 Å². The van der Waals surface area contributed by atoms with Crippen LogP contribution in [0.1, 0.15) is 64.5 Å². The molecule has 7 heteroatoms. The minimum absolute atomic E-state index is 0.0601. The molecule has 0 spiro atoms. The number of alkyl carbamates (subject to hydrolysis) is 1. The second kappa shape index (κ2) is 10.9. The Balaban J connectivity index is 1.63. The molecule has 0 radical (unpaired) electrons. The van der Waals surface area contributed by atoms with Crippen molar-refractivity contribution in [1.82, 2.24) is 10.6 Å². The molecular formula is C28H36N2O5. The molecule has 1 unspecified atom stereocenters. The second-order valence-electron chi connectivity index (χ2n) is 10.7. The molecular weight excluding hydrogens is 444 g/mol. The Morgan fingerprint density at radius 1 is 0.943 bits per heavy atom. The normalized spacial score (nSPS) is 14.6. The largest absolute Gasteiger partial charge is 0.480 e. The summed E-state index contributed by atoms with van der Waals surface area (Å²) < 4.78 is 5.57. The first kappa shape index (κ1) is 26.3. The van der Waals surface area contributed by atoms with Gasteiger partial charge in [-0.2, -0.15) is 0 Å². The van der Waals surface area contributed by atoms with E-state index in [1.54, 1.807) is 13.8 Å². The average molecular weight is 481 g/mol. The molecule has 3 N–H and O–H groups in total. The quantitative estimate of drug-likeness (QED) is 0.471. The fourth-order valence-corrected chi connectivity index (χ4v) is 4.40. The molecule has 2 atom stereocenters. The molecule has 188 valence electrons. The van der Waals surface area contributed by atoms with Crippen LogP contribution in [0.3, 0.4) is 0 Å². The Morgan fingerprint density at radius 3 is 1.97 bits per heavy atom. The van der Waals surface area contributed by atoms with E-state index in [1.807, 2.05) is 57.2 Å². The molecule has 0 bridgehead atoms. The fraction of sp³-hybridized carbons (Fsp3) is 0.464. The van der Waals surface area contributed by atoms with Crippen molar-refractivity contribution in [2.45, 2.75) is 65.5 Å². The summed E-state index contributed by atoms with van der Waals surface area (Å²) in [4.78, 5) is 37.3. The number of benzene rings is 2. The first-order valence-corrected chi connectivity index (χ1v) is 12.1. The van der Waals surface area contributed by atoms with Crippen molar-refractivity contribution in [2.24, 2.45) is 11.3 Å². The highest BCUT2D eigenvalue weighted by atomic mass is 16.5. The Hall–Kier alpha value is -3.35. The van der Waals surface area contributed by atoms with Crippen LogP contribution in [0.15, 0.2) is 48.5 Å². The highest BCUT2D eigenvalue weighted by molar-refractivity contribution is 5.89. The number of hydrogen-bond donors (Lipinski definition) is 3. The zero-order valence-electron chi connectivity index (χ0n) is 21.1. The Bertz CT molecular complexity index is 1030. The van der Waals surface area contributed by atoms with Gasteiger partial charge in [-0.05, 0) is 46.4 Å². The lowest BCUT2D eigenvalue weighted by Gasteiger charge is -2.26. The van der Waals surface area contributed by atoms with Crippen molar-refractivity contribution >= 4 is 18.0 Å². The second-order valence-corrected chi connectivity index (χ2v) is 10.7. The number of carbonyl (C=O) groups is 3. The zero-order valence-corrected chi connectivity index (χ0v) is 21.1. The Morgan fingerprint density at radius 2 is 1.49 bits per heavy atom. The Labute approximate surface area is 207 Å². The van der Waals surface area contributed by atoms with Gasteiger partial charge in [0.05, 0.1) is 0 Å². The predicted molar refractivity (Wildman–Crippen MR) is 135 cm³/mol. The SMILES string of the molecule is CC(C)[C@H](NC(=O)OCC1c2ccccc2-c2ccccc21)C(=O)NC(CCC(C)(C)C)C(=O)O. The van der Waals surface area contributed by atoms with E-state index in [2.05, 4.69) is 22.8 Å². The maximum Gasteiger partial charge on any atom is 0.407 e. The van der Waals surface area contributed by atoms with Gasteiger partial charge in [0.15, 0.2) is 0 Å². The zero-order chi connectivity index (χ0) is 25.8. The van der Waals surface area contributed by atoms with E-state index >= 15 is 0 Å². The van der Waals surface area contributed by atoms with E-state index < -0.39 is 30.1 Å². The van der Waals surface area contributed by atoms with E-state index in [-0.39, 0.29) is 23.9 Å². The molecule has 7 nitrogen and oxygen atoms in total. The van der Waals surface area contributed by atoms with Gasteiger partial charge in [0, 0.05) is 5.92 Å². The number of aliphatic carboxylic acids is 1. The molecule has 0 saturated heterocycles. The number of fused-ring (bicyclic) bond motifs is 3. The molecule has 1 aliphatic rings. The summed E-state index contributed by atoms with van der Waals surface area (Å²) >= 11 is 0. The lowest BCUT2D eigenvalue weighted by Crippen LogP contribution is -2.54. The van der Waals surface area contributed by atoms with E-state index in [4.69, 9.17) is 4.74 Å². The van der Waals surface area contributed by atoms with Crippen LogP contribution >= 0.6 is 0 Å². The minimum atomic E-state index is -1.09. The van der Waals surface area contributed by atoms with Gasteiger partial charge in [-0.15, -0.1) is 0 Å². The molecule has 35 heavy (non-hydrogen) atoms. The van der Waals surface area contributed by atoms with Gasteiger partial charge in [-0.25, -0.2) is 9.59 Å². The van der Waals surface area contributed by atoms with Crippen LogP contribution in [-0.2, 0) is 14.3 Å². The number of hydrogen-bond acceptors (Lipinski definition) is 4. The van der Waals surface area contributed by atoms with E-state index in [1.165, 1.54) is 0 Å². The number of ether oxygens (including phenoxy) is 1. The minimum Gasteiger partial charge on any atom is -0.480 e. The monoisotopic (exact) mass is 480 g/mol. The van der Waals surface area contributed by atoms with Crippen molar-refractivity contribution in [1.29, 1.82) is 0 Å². The topological polar surface area (TPSA) is 105 Å². The number of carboxylic acids is 1. The maximum absolute atomic E-state index is 12.9. The van der Waals surface area contributed by atoms with Crippen molar-refractivity contribution in [2.75, 3.05) is 6.61 Å². The lowest BCUT2D eigenvalue weighted by molar-refractivity contribution is -0.142. The molecule has 2 amide bonds. The molecule has 2 aromatic rings. The average Bonchev–Trinajstić information content (AvgIpc) is 3.11. The fourth-order valence-electron chi connectivity index (χ4n) is 4.40. The summed E-state index contributed by atoms with van der Waals surface area (Å²) in [7, 11) is 0. The predicted octanol–water partition coefficient (Wildman–Crippen LogP) is 4.95. The molecule has 0 fully saturated rings. The molecule has 0 heterocycles. The standard InChI is InChI=1S/C28H36N2O5/c1-17(2)24(25(31)29-23(26(32)33)14-15-28(3,4)5)30-27(34)35-16-22-20-12-8-6-10-18(20)19-11-7-9-13-21(19)22/h6-13,17,22-24H,14-16H2,1-5H3,(H,29,31)(H,30,34)(H,32,33)/t23?,24-/m0/s1. The number of carboxylic acid groups (broad SMARTS) is 1.